The Bertz CT molecular complexity index is 672. The summed E-state index contributed by atoms with van der Waals surface area (Å²) >= 11 is 16.8. The van der Waals surface area contributed by atoms with Gasteiger partial charge in [0.2, 0.25) is 0 Å². The van der Waals surface area contributed by atoms with Gasteiger partial charge in [-0.15, -0.1) is 0 Å². The van der Waals surface area contributed by atoms with Gasteiger partial charge in [-0.1, -0.05) is 23.2 Å². The highest BCUT2D eigenvalue weighted by Crippen LogP contribution is 2.23. The zero-order chi connectivity index (χ0) is 12.6. The fourth-order valence-corrected chi connectivity index (χ4v) is 2.27. The van der Waals surface area contributed by atoms with E-state index in [1.807, 2.05) is 0 Å². The molecule has 0 aliphatic rings. The maximum Gasteiger partial charge on any atom is 0.253 e. The van der Waals surface area contributed by atoms with Gasteiger partial charge < -0.3 is 5.73 Å². The topological polar surface area (TPSA) is 63.8 Å². The van der Waals surface area contributed by atoms with Crippen LogP contribution in [-0.4, -0.2) is 9.55 Å². The number of nitrogens with two attached hydrogens (primary N) is 1. The molecule has 0 unspecified atom stereocenters. The number of nitrogens with one attached hydrogen (secondary N) is 1. The molecule has 0 bridgehead atoms. The molecule has 0 saturated heterocycles. The van der Waals surface area contributed by atoms with Crippen LogP contribution < -0.4 is 11.3 Å². The molecule has 1 heterocycles. The van der Waals surface area contributed by atoms with Crippen LogP contribution in [0.15, 0.2) is 29.1 Å². The summed E-state index contributed by atoms with van der Waals surface area (Å²) in [6.45, 7) is 0. The Kier molecular flexibility index (Phi) is 3.24. The number of benzene rings is 1. The van der Waals surface area contributed by atoms with Gasteiger partial charge in [-0.05, 0) is 30.4 Å². The summed E-state index contributed by atoms with van der Waals surface area (Å²) in [6.07, 6.45) is 0. The first-order chi connectivity index (χ1) is 7.97. The first kappa shape index (κ1) is 12.2. The molecule has 0 fully saturated rings. The van der Waals surface area contributed by atoms with E-state index in [0.29, 0.717) is 15.7 Å². The summed E-state index contributed by atoms with van der Waals surface area (Å²) in [7, 11) is 0. The molecule has 0 aliphatic heterocycles. The minimum absolute atomic E-state index is 0.188. The summed E-state index contributed by atoms with van der Waals surface area (Å²) < 4.78 is 1.67. The summed E-state index contributed by atoms with van der Waals surface area (Å²) in [6, 6.07) is 6.14. The number of anilines is 1. The van der Waals surface area contributed by atoms with E-state index < -0.39 is 0 Å². The maximum atomic E-state index is 11.2. The molecule has 3 N–H and O–H groups in total. The number of aromatic amines is 1. The largest absolute Gasteiger partial charge is 0.385 e. The van der Waals surface area contributed by atoms with Gasteiger partial charge in [0.05, 0.1) is 5.69 Å². The average Bonchev–Trinajstić information content (AvgIpc) is 2.13. The van der Waals surface area contributed by atoms with Crippen molar-refractivity contribution in [2.24, 2.45) is 0 Å². The van der Waals surface area contributed by atoms with Crippen LogP contribution in [0.5, 0.6) is 0 Å². The smallest absolute Gasteiger partial charge is 0.253 e. The van der Waals surface area contributed by atoms with Crippen LogP contribution in [0.4, 0.5) is 5.82 Å². The third-order valence-corrected chi connectivity index (χ3v) is 2.80. The molecule has 88 valence electrons. The van der Waals surface area contributed by atoms with E-state index in [4.69, 9.17) is 41.2 Å². The van der Waals surface area contributed by atoms with Crippen molar-refractivity contribution in [2.45, 2.75) is 0 Å². The predicted octanol–water partition coefficient (Wildman–Crippen LogP) is 2.78. The van der Waals surface area contributed by atoms with Gasteiger partial charge in [-0.2, -0.15) is 0 Å². The molecular weight excluding hydrogens is 281 g/mol. The third kappa shape index (κ3) is 2.52. The molecule has 7 heteroatoms. The number of aromatic nitrogens is 2. The van der Waals surface area contributed by atoms with Crippen molar-refractivity contribution < 1.29 is 0 Å². The molecule has 1 aromatic heterocycles. The quantitative estimate of drug-likeness (QED) is 0.793. The van der Waals surface area contributed by atoms with Gasteiger partial charge in [0, 0.05) is 16.1 Å². The van der Waals surface area contributed by atoms with E-state index in [2.05, 4.69) is 4.98 Å². The minimum Gasteiger partial charge on any atom is -0.385 e. The molecule has 2 rings (SSSR count). The van der Waals surface area contributed by atoms with Crippen LogP contribution in [0.3, 0.4) is 0 Å². The maximum absolute atomic E-state index is 11.2. The van der Waals surface area contributed by atoms with Crippen molar-refractivity contribution in [3.8, 4) is 5.69 Å². The summed E-state index contributed by atoms with van der Waals surface area (Å²) in [5.74, 6) is 0.220. The monoisotopic (exact) mass is 287 g/mol. The van der Waals surface area contributed by atoms with E-state index in [1.165, 1.54) is 10.6 Å². The highest BCUT2D eigenvalue weighted by molar-refractivity contribution is 7.71. The van der Waals surface area contributed by atoms with Crippen molar-refractivity contribution in [1.82, 2.24) is 9.55 Å². The van der Waals surface area contributed by atoms with Gasteiger partial charge in [-0.3, -0.25) is 14.3 Å². The van der Waals surface area contributed by atoms with Gasteiger partial charge in [0.25, 0.3) is 5.56 Å². The Morgan fingerprint density at radius 2 is 1.76 bits per heavy atom. The number of H-pyrrole nitrogens is 1. The number of rotatable bonds is 1. The van der Waals surface area contributed by atoms with E-state index in [-0.39, 0.29) is 16.1 Å². The number of hydrogen-bond donors (Lipinski definition) is 2. The van der Waals surface area contributed by atoms with E-state index in [1.54, 1.807) is 18.2 Å². The molecule has 0 radical (unpaired) electrons. The lowest BCUT2D eigenvalue weighted by Gasteiger charge is -2.10. The zero-order valence-corrected chi connectivity index (χ0v) is 10.7. The Morgan fingerprint density at radius 1 is 1.18 bits per heavy atom. The second kappa shape index (κ2) is 4.52. The van der Waals surface area contributed by atoms with Crippen molar-refractivity contribution >= 4 is 41.2 Å². The Labute approximate surface area is 112 Å². The van der Waals surface area contributed by atoms with Gasteiger partial charge in [0.1, 0.15) is 5.82 Å². The molecular formula is C10H7Cl2N3OS. The lowest BCUT2D eigenvalue weighted by atomic mass is 10.3. The first-order valence-electron chi connectivity index (χ1n) is 4.56. The summed E-state index contributed by atoms with van der Waals surface area (Å²) in [5.41, 5.74) is 5.99. The van der Waals surface area contributed by atoms with Crippen LogP contribution in [0.25, 0.3) is 5.69 Å². The third-order valence-electron chi connectivity index (χ3n) is 2.08. The van der Waals surface area contributed by atoms with Gasteiger partial charge >= 0.3 is 0 Å². The van der Waals surface area contributed by atoms with E-state index in [9.17, 15) is 4.79 Å². The molecule has 1 aromatic carbocycles. The van der Waals surface area contributed by atoms with Gasteiger partial charge in [0.15, 0.2) is 4.77 Å². The number of nitrogens with zero attached hydrogens (tertiary/aromatic N) is 1. The summed E-state index contributed by atoms with van der Waals surface area (Å²) in [5, 5.41) is 0.917. The van der Waals surface area contributed by atoms with Crippen molar-refractivity contribution in [3.05, 3.63) is 49.4 Å². The fourth-order valence-electron chi connectivity index (χ4n) is 1.45. The van der Waals surface area contributed by atoms with Crippen molar-refractivity contribution in [1.29, 1.82) is 0 Å². The van der Waals surface area contributed by atoms with Crippen LogP contribution in [0.1, 0.15) is 0 Å². The Hall–Kier alpha value is -1.30. The normalized spacial score (nSPS) is 10.5. The predicted molar refractivity (Wildman–Crippen MR) is 71.7 cm³/mol. The zero-order valence-electron chi connectivity index (χ0n) is 8.41. The van der Waals surface area contributed by atoms with Crippen molar-refractivity contribution in [3.63, 3.8) is 0 Å². The Morgan fingerprint density at radius 3 is 2.29 bits per heavy atom. The molecule has 0 amide bonds. The number of nitrogen functional groups attached to an aromatic ring is 1. The molecule has 0 atom stereocenters. The second-order valence-electron chi connectivity index (χ2n) is 3.33. The summed E-state index contributed by atoms with van der Waals surface area (Å²) in [4.78, 5) is 13.6. The van der Waals surface area contributed by atoms with Crippen LogP contribution in [0.2, 0.25) is 10.0 Å². The highest BCUT2D eigenvalue weighted by Gasteiger charge is 2.05. The lowest BCUT2D eigenvalue weighted by molar-refractivity contribution is 0.951. The molecule has 2 aromatic rings. The van der Waals surface area contributed by atoms with Crippen LogP contribution in [0, 0.1) is 4.77 Å². The lowest BCUT2D eigenvalue weighted by Crippen LogP contribution is -2.14. The van der Waals surface area contributed by atoms with Crippen molar-refractivity contribution in [2.75, 3.05) is 5.73 Å². The van der Waals surface area contributed by atoms with Gasteiger partial charge in [-0.25, -0.2) is 0 Å². The Balaban J connectivity index is 2.77. The molecule has 17 heavy (non-hydrogen) atoms. The minimum atomic E-state index is -0.350. The standard InChI is InChI=1S/C10H7Cl2N3OS/c11-5-1-6(12)3-7(2-5)15-8(13)4-9(16)14-10(15)17/h1-4H,13H2,(H,14,16,17). The highest BCUT2D eigenvalue weighted by atomic mass is 35.5. The molecule has 0 spiro atoms. The van der Waals surface area contributed by atoms with E-state index >= 15 is 0 Å². The molecule has 4 nitrogen and oxygen atoms in total. The van der Waals surface area contributed by atoms with Crippen LogP contribution >= 0.6 is 35.4 Å². The van der Waals surface area contributed by atoms with E-state index in [0.717, 1.165) is 0 Å². The fraction of sp³-hybridized carbons (Fsp3) is 0. The SMILES string of the molecule is Nc1cc(=O)[nH]c(=S)n1-c1cc(Cl)cc(Cl)c1. The average molecular weight is 288 g/mol. The number of hydrogen-bond acceptors (Lipinski definition) is 3. The first-order valence-corrected chi connectivity index (χ1v) is 5.72. The number of halogens is 2. The molecule has 0 aliphatic carbocycles. The molecule has 0 saturated carbocycles. The van der Waals surface area contributed by atoms with Crippen LogP contribution in [-0.2, 0) is 0 Å². The second-order valence-corrected chi connectivity index (χ2v) is 4.59.